The molecule has 0 spiro atoms. The topological polar surface area (TPSA) is 110 Å². The summed E-state index contributed by atoms with van der Waals surface area (Å²) in [6.07, 6.45) is 5.25. The van der Waals surface area contributed by atoms with Gasteiger partial charge in [0.1, 0.15) is 0 Å². The van der Waals surface area contributed by atoms with Gasteiger partial charge in [0.25, 0.3) is 5.69 Å². The van der Waals surface area contributed by atoms with Crippen LogP contribution in [0, 0.1) is 23.0 Å². The van der Waals surface area contributed by atoms with Crippen LogP contribution in [-0.4, -0.2) is 43.2 Å². The average Bonchev–Trinajstić information content (AvgIpc) is 2.67. The lowest BCUT2D eigenvalue weighted by Gasteiger charge is -2.30. The molecule has 0 atom stereocenters. The summed E-state index contributed by atoms with van der Waals surface area (Å²) in [4.78, 5) is 22.6. The molecule has 156 valence electrons. The number of unbranched alkanes of at least 4 members (excludes halogenated alkanes) is 3. The second-order valence-electron chi connectivity index (χ2n) is 7.24. The van der Waals surface area contributed by atoms with Crippen LogP contribution in [0.15, 0.2) is 23.1 Å². The van der Waals surface area contributed by atoms with Gasteiger partial charge in [0.2, 0.25) is 15.9 Å². The van der Waals surface area contributed by atoms with Crippen LogP contribution in [0.4, 0.5) is 5.69 Å². The average molecular weight is 412 g/mol. The van der Waals surface area contributed by atoms with Crippen LogP contribution in [0.2, 0.25) is 0 Å². The van der Waals surface area contributed by atoms with Crippen molar-refractivity contribution >= 4 is 21.6 Å². The van der Waals surface area contributed by atoms with E-state index in [9.17, 15) is 23.3 Å². The number of piperidine rings is 1. The smallest absolute Gasteiger partial charge is 0.270 e. The first kappa shape index (κ1) is 22.3. The minimum Gasteiger partial charge on any atom is -0.356 e. The number of nitrogens with zero attached hydrogens (tertiary/aromatic N) is 2. The van der Waals surface area contributed by atoms with Gasteiger partial charge in [0.05, 0.1) is 9.82 Å². The largest absolute Gasteiger partial charge is 0.356 e. The van der Waals surface area contributed by atoms with E-state index in [-0.39, 0.29) is 35.5 Å². The summed E-state index contributed by atoms with van der Waals surface area (Å²) in [6, 6.07) is 3.86. The van der Waals surface area contributed by atoms with E-state index in [2.05, 4.69) is 12.2 Å². The van der Waals surface area contributed by atoms with Crippen molar-refractivity contribution in [1.82, 2.24) is 9.62 Å². The van der Waals surface area contributed by atoms with Crippen molar-refractivity contribution in [2.75, 3.05) is 19.6 Å². The van der Waals surface area contributed by atoms with Gasteiger partial charge in [-0.05, 0) is 31.7 Å². The molecule has 0 saturated carbocycles. The van der Waals surface area contributed by atoms with Crippen molar-refractivity contribution in [1.29, 1.82) is 0 Å². The molecule has 1 aromatic carbocycles. The molecule has 1 heterocycles. The molecule has 2 rings (SSSR count). The number of benzene rings is 1. The number of nitro groups is 1. The van der Waals surface area contributed by atoms with Crippen molar-refractivity contribution in [3.8, 4) is 0 Å². The number of aryl methyl sites for hydroxylation is 1. The predicted octanol–water partition coefficient (Wildman–Crippen LogP) is 3.00. The van der Waals surface area contributed by atoms with Crippen LogP contribution in [0.3, 0.4) is 0 Å². The number of carbonyl (C=O) groups is 1. The Morgan fingerprint density at radius 2 is 1.93 bits per heavy atom. The zero-order chi connectivity index (χ0) is 20.7. The first-order chi connectivity index (χ1) is 13.3. The quantitative estimate of drug-likeness (QED) is 0.382. The molecule has 1 aliphatic heterocycles. The van der Waals surface area contributed by atoms with Crippen LogP contribution < -0.4 is 5.32 Å². The number of nitrogens with one attached hydrogen (secondary N) is 1. The van der Waals surface area contributed by atoms with Gasteiger partial charge in [0.15, 0.2) is 0 Å². The van der Waals surface area contributed by atoms with E-state index in [1.165, 1.54) is 16.4 Å². The summed E-state index contributed by atoms with van der Waals surface area (Å²) in [7, 11) is -3.83. The van der Waals surface area contributed by atoms with Crippen molar-refractivity contribution < 1.29 is 18.1 Å². The molecule has 1 saturated heterocycles. The summed E-state index contributed by atoms with van der Waals surface area (Å²) < 4.78 is 27.2. The highest BCUT2D eigenvalue weighted by molar-refractivity contribution is 7.89. The van der Waals surface area contributed by atoms with E-state index in [0.29, 0.717) is 24.9 Å². The molecule has 1 amide bonds. The molecule has 8 nitrogen and oxygen atoms in total. The number of hydrogen-bond acceptors (Lipinski definition) is 5. The van der Waals surface area contributed by atoms with Gasteiger partial charge < -0.3 is 5.32 Å². The Labute approximate surface area is 166 Å². The van der Waals surface area contributed by atoms with Crippen molar-refractivity contribution in [3.63, 3.8) is 0 Å². The Balaban J connectivity index is 1.96. The highest BCUT2D eigenvalue weighted by Gasteiger charge is 2.33. The van der Waals surface area contributed by atoms with Crippen molar-refractivity contribution in [2.45, 2.75) is 57.3 Å². The fourth-order valence-corrected chi connectivity index (χ4v) is 5.10. The van der Waals surface area contributed by atoms with Crippen LogP contribution in [0.25, 0.3) is 0 Å². The Kier molecular flexibility index (Phi) is 7.94. The summed E-state index contributed by atoms with van der Waals surface area (Å²) in [5.74, 6) is -0.205. The lowest BCUT2D eigenvalue weighted by atomic mass is 9.97. The fraction of sp³-hybridized carbons (Fsp3) is 0.632. The third kappa shape index (κ3) is 5.51. The molecule has 1 aromatic rings. The zero-order valence-corrected chi connectivity index (χ0v) is 17.3. The van der Waals surface area contributed by atoms with Gasteiger partial charge in [-0.3, -0.25) is 14.9 Å². The van der Waals surface area contributed by atoms with E-state index in [0.717, 1.165) is 31.7 Å². The van der Waals surface area contributed by atoms with Gasteiger partial charge >= 0.3 is 0 Å². The molecule has 1 fully saturated rings. The maximum atomic E-state index is 12.9. The van der Waals surface area contributed by atoms with Gasteiger partial charge in [-0.2, -0.15) is 4.31 Å². The highest BCUT2D eigenvalue weighted by atomic mass is 32.2. The Bertz CT molecular complexity index is 802. The van der Waals surface area contributed by atoms with Gasteiger partial charge in [-0.1, -0.05) is 32.3 Å². The van der Waals surface area contributed by atoms with E-state index >= 15 is 0 Å². The Morgan fingerprint density at radius 3 is 2.54 bits per heavy atom. The zero-order valence-electron chi connectivity index (χ0n) is 16.5. The lowest BCUT2D eigenvalue weighted by Crippen LogP contribution is -2.43. The number of nitro benzene ring substituents is 1. The molecule has 0 aliphatic carbocycles. The molecule has 1 N–H and O–H groups in total. The second kappa shape index (κ2) is 9.97. The first-order valence-electron chi connectivity index (χ1n) is 9.80. The highest BCUT2D eigenvalue weighted by Crippen LogP contribution is 2.28. The maximum absolute atomic E-state index is 12.9. The van der Waals surface area contributed by atoms with E-state index < -0.39 is 14.9 Å². The first-order valence-corrected chi connectivity index (χ1v) is 11.2. The molecule has 1 aliphatic rings. The molecule has 0 radical (unpaired) electrons. The van der Waals surface area contributed by atoms with E-state index in [1.54, 1.807) is 6.92 Å². The SMILES string of the molecule is CCCCCCNC(=O)C1CCN(S(=O)(=O)c2cc([N+](=O)[O-])ccc2C)CC1. The minimum atomic E-state index is -3.83. The number of carbonyl (C=O) groups excluding carboxylic acids is 1. The number of sulfonamides is 1. The number of amides is 1. The van der Waals surface area contributed by atoms with Gasteiger partial charge in [0, 0.05) is 37.7 Å². The standard InChI is InChI=1S/C19H29N3O5S/c1-3-4-5-6-11-20-19(23)16-9-12-21(13-10-16)28(26,27)18-14-17(22(24)25)8-7-15(18)2/h7-8,14,16H,3-6,9-13H2,1-2H3,(H,20,23). The summed E-state index contributed by atoms with van der Waals surface area (Å²) in [5.41, 5.74) is 0.221. The maximum Gasteiger partial charge on any atom is 0.270 e. The number of rotatable bonds is 9. The van der Waals surface area contributed by atoms with Crippen LogP contribution in [0.5, 0.6) is 0 Å². The summed E-state index contributed by atoms with van der Waals surface area (Å²) >= 11 is 0. The van der Waals surface area contributed by atoms with E-state index in [1.807, 2.05) is 0 Å². The van der Waals surface area contributed by atoms with Gasteiger partial charge in [-0.15, -0.1) is 0 Å². The number of hydrogen-bond donors (Lipinski definition) is 1. The third-order valence-electron chi connectivity index (χ3n) is 5.15. The fourth-order valence-electron chi connectivity index (χ4n) is 3.39. The monoisotopic (exact) mass is 411 g/mol. The molecule has 0 unspecified atom stereocenters. The molecule has 28 heavy (non-hydrogen) atoms. The Hall–Kier alpha value is -2.00. The molecular weight excluding hydrogens is 382 g/mol. The molecule has 0 aromatic heterocycles. The molecular formula is C19H29N3O5S. The molecule has 9 heteroatoms. The normalized spacial score (nSPS) is 16.1. The number of non-ortho nitro benzene ring substituents is 1. The van der Waals surface area contributed by atoms with Crippen LogP contribution in [0.1, 0.15) is 51.0 Å². The van der Waals surface area contributed by atoms with Crippen LogP contribution in [-0.2, 0) is 14.8 Å². The second-order valence-corrected chi connectivity index (χ2v) is 9.14. The minimum absolute atomic E-state index is 0.0138. The van der Waals surface area contributed by atoms with E-state index in [4.69, 9.17) is 0 Å². The van der Waals surface area contributed by atoms with Crippen LogP contribution >= 0.6 is 0 Å². The van der Waals surface area contributed by atoms with Crippen molar-refractivity contribution in [3.05, 3.63) is 33.9 Å². The predicted molar refractivity (Wildman–Crippen MR) is 106 cm³/mol. The van der Waals surface area contributed by atoms with Crippen molar-refractivity contribution in [2.24, 2.45) is 5.92 Å². The third-order valence-corrected chi connectivity index (χ3v) is 7.20. The summed E-state index contributed by atoms with van der Waals surface area (Å²) in [6.45, 7) is 4.88. The van der Waals surface area contributed by atoms with Gasteiger partial charge in [-0.25, -0.2) is 8.42 Å². The lowest BCUT2D eigenvalue weighted by molar-refractivity contribution is -0.385. The molecule has 0 bridgehead atoms. The summed E-state index contributed by atoms with van der Waals surface area (Å²) in [5, 5.41) is 13.9. The Morgan fingerprint density at radius 1 is 1.25 bits per heavy atom.